The van der Waals surface area contributed by atoms with Crippen molar-refractivity contribution in [3.05, 3.63) is 67.9 Å². The summed E-state index contributed by atoms with van der Waals surface area (Å²) in [6.07, 6.45) is 9.66. The van der Waals surface area contributed by atoms with E-state index in [1.807, 2.05) is 46.8 Å². The van der Waals surface area contributed by atoms with Crippen molar-refractivity contribution in [1.29, 1.82) is 0 Å². The zero-order chi connectivity index (χ0) is 18.4. The first-order chi connectivity index (χ1) is 11.0. The van der Waals surface area contributed by atoms with Crippen molar-refractivity contribution in [1.82, 2.24) is 9.55 Å². The highest BCUT2D eigenvalue weighted by molar-refractivity contribution is 5.53. The Kier molecular flexibility index (Phi) is 13.3. The molecule has 1 aromatic heterocycles. The number of H-pyrrole nitrogens is 1. The molecule has 0 aliphatic carbocycles. The Morgan fingerprint density at radius 2 is 1.78 bits per heavy atom. The number of aromatic nitrogens is 2. The van der Waals surface area contributed by atoms with Gasteiger partial charge >= 0.3 is 0 Å². The van der Waals surface area contributed by atoms with Crippen LogP contribution in [0.2, 0.25) is 0 Å². The lowest BCUT2D eigenvalue weighted by atomic mass is 10.2. The zero-order valence-corrected chi connectivity index (χ0v) is 15.3. The van der Waals surface area contributed by atoms with Crippen molar-refractivity contribution < 1.29 is 0 Å². The molecular formula is C19H30N2O2. The van der Waals surface area contributed by atoms with E-state index in [-0.39, 0.29) is 16.3 Å². The molecule has 0 fully saturated rings. The Balaban J connectivity index is 0. The predicted molar refractivity (Wildman–Crippen MR) is 102 cm³/mol. The number of hydrogen-bond donors (Lipinski definition) is 1. The number of hydrogen-bond acceptors (Lipinski definition) is 2. The predicted octanol–water partition coefficient (Wildman–Crippen LogP) is 2.40. The van der Waals surface area contributed by atoms with Crippen LogP contribution in [0.5, 0.6) is 0 Å². The molecule has 0 bridgehead atoms. The largest absolute Gasteiger partial charge is 0.308 e. The second-order valence-electron chi connectivity index (χ2n) is 4.03. The highest BCUT2D eigenvalue weighted by Gasteiger charge is 1.99. The van der Waals surface area contributed by atoms with Gasteiger partial charge < -0.3 is 4.98 Å². The van der Waals surface area contributed by atoms with Crippen molar-refractivity contribution in [3.63, 3.8) is 0 Å². The van der Waals surface area contributed by atoms with Gasteiger partial charge in [0.05, 0.1) is 0 Å². The van der Waals surface area contributed by atoms with E-state index in [0.717, 1.165) is 6.42 Å². The van der Waals surface area contributed by atoms with Gasteiger partial charge in [-0.3, -0.25) is 14.2 Å². The van der Waals surface area contributed by atoms with E-state index < -0.39 is 5.56 Å². The number of rotatable bonds is 4. The molecule has 23 heavy (non-hydrogen) atoms. The number of allylic oxidation sites excluding steroid dienone is 5. The summed E-state index contributed by atoms with van der Waals surface area (Å²) in [6, 6.07) is 0. The maximum Gasteiger partial charge on any atom is 0.264 e. The molecule has 4 nitrogen and oxygen atoms in total. The van der Waals surface area contributed by atoms with Crippen LogP contribution in [-0.4, -0.2) is 9.55 Å². The molecule has 0 saturated heterocycles. The Morgan fingerprint density at radius 3 is 2.26 bits per heavy atom. The third-order valence-corrected chi connectivity index (χ3v) is 2.65. The molecular weight excluding hydrogens is 288 g/mol. The fraction of sp³-hybridized carbons (Fsp3) is 0.368. The van der Waals surface area contributed by atoms with Crippen LogP contribution in [-0.2, 0) is 7.05 Å². The van der Waals surface area contributed by atoms with Crippen LogP contribution in [0.25, 0.3) is 12.7 Å². The minimum Gasteiger partial charge on any atom is -0.308 e. The van der Waals surface area contributed by atoms with Crippen molar-refractivity contribution in [2.45, 2.75) is 41.0 Å². The maximum atomic E-state index is 12.0. The van der Waals surface area contributed by atoms with Gasteiger partial charge in [0.25, 0.3) is 11.1 Å². The third kappa shape index (κ3) is 7.45. The molecule has 128 valence electrons. The highest BCUT2D eigenvalue weighted by Crippen LogP contribution is 1.97. The second-order valence-corrected chi connectivity index (χ2v) is 4.03. The molecule has 1 N–H and O–H groups in total. The van der Waals surface area contributed by atoms with Gasteiger partial charge in [-0.15, -0.1) is 0 Å². The lowest BCUT2D eigenvalue weighted by Gasteiger charge is -1.97. The lowest BCUT2D eigenvalue weighted by molar-refractivity contribution is 0.764. The molecule has 0 atom stereocenters. The molecule has 0 spiro atoms. The maximum absolute atomic E-state index is 12.0. The van der Waals surface area contributed by atoms with Crippen LogP contribution >= 0.6 is 0 Å². The summed E-state index contributed by atoms with van der Waals surface area (Å²) < 4.78 is 1.30. The molecule has 1 aromatic rings. The molecule has 4 heteroatoms. The van der Waals surface area contributed by atoms with Crippen molar-refractivity contribution in [2.24, 2.45) is 7.05 Å². The topological polar surface area (TPSA) is 54.9 Å². The fourth-order valence-electron chi connectivity index (χ4n) is 1.47. The van der Waals surface area contributed by atoms with Gasteiger partial charge in [-0.25, -0.2) is 0 Å². The van der Waals surface area contributed by atoms with Crippen LogP contribution in [0.1, 0.15) is 41.0 Å². The van der Waals surface area contributed by atoms with Gasteiger partial charge in [0.1, 0.15) is 10.7 Å². The molecule has 0 aliphatic heterocycles. The van der Waals surface area contributed by atoms with Gasteiger partial charge in [-0.05, 0) is 18.1 Å². The minimum atomic E-state index is -0.444. The summed E-state index contributed by atoms with van der Waals surface area (Å²) in [5.74, 6) is 0. The lowest BCUT2D eigenvalue weighted by Crippen LogP contribution is -2.52. The Bertz CT molecular complexity index is 747. The fourth-order valence-corrected chi connectivity index (χ4v) is 1.47. The van der Waals surface area contributed by atoms with E-state index in [1.165, 1.54) is 10.6 Å². The van der Waals surface area contributed by atoms with Gasteiger partial charge in [0, 0.05) is 7.05 Å². The first kappa shape index (κ1) is 22.9. The van der Waals surface area contributed by atoms with E-state index in [4.69, 9.17) is 0 Å². The first-order valence-electron chi connectivity index (χ1n) is 8.00. The summed E-state index contributed by atoms with van der Waals surface area (Å²) in [4.78, 5) is 26.3. The smallest absolute Gasteiger partial charge is 0.264 e. The monoisotopic (exact) mass is 318 g/mol. The standard InChI is InChI=1S/C15H18N2O2.2C2H6/c1-5-7-8-9-12(6-2)10-13-14(18)16-11(3)17(4)15(13)19;2*1-2/h6-10H,2-3,5H2,1,4H3,(H,16,18);2*1-2H3/b8-7-,12-9+,13-10-;;. The van der Waals surface area contributed by atoms with E-state index in [1.54, 1.807) is 19.2 Å². The Morgan fingerprint density at radius 1 is 1.22 bits per heavy atom. The Hall–Kier alpha value is -2.36. The van der Waals surface area contributed by atoms with Crippen molar-refractivity contribution >= 4 is 12.7 Å². The second kappa shape index (κ2) is 13.3. The molecule has 0 radical (unpaired) electrons. The van der Waals surface area contributed by atoms with Gasteiger partial charge in [0.2, 0.25) is 0 Å². The third-order valence-electron chi connectivity index (χ3n) is 2.65. The minimum absolute atomic E-state index is 0.0750. The van der Waals surface area contributed by atoms with Crippen molar-refractivity contribution in [2.75, 3.05) is 0 Å². The SMILES string of the molecule is C=CC(/C=c1/c(=O)[nH]c(=C)n(C)c1=O)=C\C=C/CC.CC.CC. The van der Waals surface area contributed by atoms with Gasteiger partial charge in [-0.2, -0.15) is 0 Å². The molecule has 0 saturated carbocycles. The van der Waals surface area contributed by atoms with Crippen molar-refractivity contribution in [3.8, 4) is 0 Å². The van der Waals surface area contributed by atoms with Crippen LogP contribution in [0.15, 0.2) is 46.0 Å². The summed E-state index contributed by atoms with van der Waals surface area (Å²) >= 11 is 0. The molecule has 1 rings (SSSR count). The summed E-state index contributed by atoms with van der Waals surface area (Å²) in [5.41, 5.74) is 0.160. The zero-order valence-electron chi connectivity index (χ0n) is 15.3. The number of nitrogens with zero attached hydrogens (tertiary/aromatic N) is 1. The molecule has 0 aromatic carbocycles. The summed E-state index contributed by atoms with van der Waals surface area (Å²) in [7, 11) is 1.56. The van der Waals surface area contributed by atoms with E-state index in [9.17, 15) is 9.59 Å². The molecule has 0 amide bonds. The quantitative estimate of drug-likeness (QED) is 0.867. The molecule has 0 aliphatic rings. The van der Waals surface area contributed by atoms with E-state index in [0.29, 0.717) is 5.57 Å². The number of aromatic amines is 1. The van der Waals surface area contributed by atoms with E-state index in [2.05, 4.69) is 18.1 Å². The Labute approximate surface area is 138 Å². The summed E-state index contributed by atoms with van der Waals surface area (Å²) in [6.45, 7) is 17.3. The van der Waals surface area contributed by atoms with Gasteiger partial charge in [0.15, 0.2) is 0 Å². The van der Waals surface area contributed by atoms with Crippen LogP contribution in [0, 0.1) is 0 Å². The molecule has 1 heterocycles. The van der Waals surface area contributed by atoms with E-state index >= 15 is 0 Å². The average molecular weight is 318 g/mol. The summed E-state index contributed by atoms with van der Waals surface area (Å²) in [5, 5.41) is 0.0750. The highest BCUT2D eigenvalue weighted by atomic mass is 16.1. The van der Waals surface area contributed by atoms with Crippen LogP contribution < -0.4 is 21.8 Å². The number of nitrogens with one attached hydrogen (secondary N) is 1. The first-order valence-corrected chi connectivity index (χ1v) is 8.00. The average Bonchev–Trinajstić information content (AvgIpc) is 2.59. The van der Waals surface area contributed by atoms with Crippen LogP contribution in [0.4, 0.5) is 0 Å². The normalized spacial score (nSPS) is 11.4. The van der Waals surface area contributed by atoms with Gasteiger partial charge in [-0.1, -0.05) is 72.1 Å². The molecule has 0 unspecified atom stereocenters. The van der Waals surface area contributed by atoms with Crippen LogP contribution in [0.3, 0.4) is 0 Å².